The zero-order valence-electron chi connectivity index (χ0n) is 16.5. The second-order valence-corrected chi connectivity index (χ2v) is 7.51. The molecular weight excluding hydrogens is 404 g/mol. The van der Waals surface area contributed by atoms with E-state index in [9.17, 15) is 9.59 Å². The van der Waals surface area contributed by atoms with Crippen molar-refractivity contribution in [2.24, 2.45) is 0 Å². The molecule has 9 heteroatoms. The molecule has 30 heavy (non-hydrogen) atoms. The minimum Gasteiger partial charge on any atom is -0.337 e. The Labute approximate surface area is 179 Å². The van der Waals surface area contributed by atoms with Crippen molar-refractivity contribution in [3.05, 3.63) is 70.8 Å². The molecular formula is C21H21ClN6O2. The number of carbonyl (C=O) groups is 2. The third-order valence-electron chi connectivity index (χ3n) is 5.02. The highest BCUT2D eigenvalue weighted by molar-refractivity contribution is 6.30. The van der Waals surface area contributed by atoms with Gasteiger partial charge in [-0.2, -0.15) is 9.90 Å². The smallest absolute Gasteiger partial charge is 0.276 e. The molecule has 4 rings (SSSR count). The van der Waals surface area contributed by atoms with Crippen molar-refractivity contribution in [2.75, 3.05) is 26.2 Å². The summed E-state index contributed by atoms with van der Waals surface area (Å²) >= 11 is 6.05. The fourth-order valence-corrected chi connectivity index (χ4v) is 3.63. The van der Waals surface area contributed by atoms with Crippen LogP contribution in [0.1, 0.15) is 33.0 Å². The Morgan fingerprint density at radius 3 is 2.33 bits per heavy atom. The van der Waals surface area contributed by atoms with Crippen LogP contribution in [-0.2, 0) is 0 Å². The van der Waals surface area contributed by atoms with Crippen LogP contribution in [0, 0.1) is 6.92 Å². The number of carbonyl (C=O) groups excluding carboxylic acids is 2. The quantitative estimate of drug-likeness (QED) is 0.645. The van der Waals surface area contributed by atoms with Gasteiger partial charge in [0.1, 0.15) is 0 Å². The molecule has 0 radical (unpaired) electrons. The molecule has 1 aromatic carbocycles. The van der Waals surface area contributed by atoms with Gasteiger partial charge in [-0.3, -0.25) is 14.6 Å². The van der Waals surface area contributed by atoms with Gasteiger partial charge < -0.3 is 9.80 Å². The molecule has 0 unspecified atom stereocenters. The van der Waals surface area contributed by atoms with Crippen LogP contribution >= 0.6 is 11.6 Å². The highest BCUT2D eigenvalue weighted by Gasteiger charge is 2.26. The van der Waals surface area contributed by atoms with Crippen LogP contribution in [0.4, 0.5) is 0 Å². The van der Waals surface area contributed by atoms with Crippen molar-refractivity contribution in [1.29, 1.82) is 0 Å². The third-order valence-corrected chi connectivity index (χ3v) is 5.26. The molecule has 0 N–H and O–H groups in total. The fraction of sp³-hybridized carbons (Fsp3) is 0.286. The van der Waals surface area contributed by atoms with E-state index in [0.717, 1.165) is 0 Å². The molecule has 1 saturated heterocycles. The van der Waals surface area contributed by atoms with Gasteiger partial charge in [-0.15, -0.1) is 5.10 Å². The summed E-state index contributed by atoms with van der Waals surface area (Å²) in [5.74, 6) is -0.228. The van der Waals surface area contributed by atoms with Gasteiger partial charge in [-0.1, -0.05) is 17.7 Å². The van der Waals surface area contributed by atoms with Crippen LogP contribution < -0.4 is 0 Å². The normalized spacial score (nSPS) is 14.5. The number of benzene rings is 1. The summed E-state index contributed by atoms with van der Waals surface area (Å²) < 4.78 is 0. The molecule has 1 aliphatic heterocycles. The van der Waals surface area contributed by atoms with E-state index in [4.69, 9.17) is 11.6 Å². The lowest BCUT2D eigenvalue weighted by atomic mass is 10.2. The minimum absolute atomic E-state index is 0.0465. The van der Waals surface area contributed by atoms with Crippen molar-refractivity contribution in [2.45, 2.75) is 13.3 Å². The highest BCUT2D eigenvalue weighted by atomic mass is 35.5. The number of rotatable bonds is 3. The number of amides is 2. The number of pyridine rings is 1. The van der Waals surface area contributed by atoms with Crippen LogP contribution in [-0.4, -0.2) is 67.8 Å². The summed E-state index contributed by atoms with van der Waals surface area (Å²) in [4.78, 5) is 34.7. The van der Waals surface area contributed by atoms with Crippen LogP contribution in [0.15, 0.2) is 48.8 Å². The monoisotopic (exact) mass is 424 g/mol. The summed E-state index contributed by atoms with van der Waals surface area (Å²) in [7, 11) is 0. The van der Waals surface area contributed by atoms with Gasteiger partial charge in [-0.25, -0.2) is 0 Å². The van der Waals surface area contributed by atoms with Gasteiger partial charge in [0.05, 0.1) is 11.4 Å². The zero-order chi connectivity index (χ0) is 21.1. The summed E-state index contributed by atoms with van der Waals surface area (Å²) in [5, 5.41) is 9.34. The van der Waals surface area contributed by atoms with Crippen molar-refractivity contribution < 1.29 is 9.59 Å². The average molecular weight is 425 g/mol. The van der Waals surface area contributed by atoms with Crippen molar-refractivity contribution in [3.63, 3.8) is 0 Å². The summed E-state index contributed by atoms with van der Waals surface area (Å²) in [6, 6.07) is 10.5. The summed E-state index contributed by atoms with van der Waals surface area (Å²) in [5.41, 5.74) is 2.15. The largest absolute Gasteiger partial charge is 0.337 e. The molecule has 1 fully saturated rings. The zero-order valence-corrected chi connectivity index (χ0v) is 17.3. The van der Waals surface area contributed by atoms with E-state index in [0.29, 0.717) is 60.3 Å². The average Bonchev–Trinajstić information content (AvgIpc) is 2.99. The van der Waals surface area contributed by atoms with E-state index in [1.54, 1.807) is 59.4 Å². The van der Waals surface area contributed by atoms with Crippen LogP contribution in [0.25, 0.3) is 5.69 Å². The first kappa shape index (κ1) is 20.0. The number of aryl methyl sites for hydroxylation is 1. The second-order valence-electron chi connectivity index (χ2n) is 7.08. The first-order chi connectivity index (χ1) is 14.5. The molecule has 154 valence electrons. The highest BCUT2D eigenvalue weighted by Crippen LogP contribution is 2.16. The molecule has 0 spiro atoms. The molecule has 3 heterocycles. The van der Waals surface area contributed by atoms with Gasteiger partial charge in [0.15, 0.2) is 5.69 Å². The van der Waals surface area contributed by atoms with Gasteiger partial charge in [0.25, 0.3) is 11.8 Å². The Kier molecular flexibility index (Phi) is 5.76. The van der Waals surface area contributed by atoms with E-state index in [-0.39, 0.29) is 11.8 Å². The van der Waals surface area contributed by atoms with E-state index in [2.05, 4.69) is 15.2 Å². The molecule has 2 amide bonds. The Morgan fingerprint density at radius 2 is 1.63 bits per heavy atom. The number of halogens is 1. The predicted molar refractivity (Wildman–Crippen MR) is 112 cm³/mol. The van der Waals surface area contributed by atoms with Crippen LogP contribution in [0.2, 0.25) is 5.02 Å². The first-order valence-corrected chi connectivity index (χ1v) is 10.1. The molecule has 3 aromatic rings. The maximum Gasteiger partial charge on any atom is 0.276 e. The van der Waals surface area contributed by atoms with E-state index in [1.807, 2.05) is 6.07 Å². The molecule has 1 aliphatic rings. The number of hydrogen-bond acceptors (Lipinski definition) is 5. The Balaban J connectivity index is 1.47. The Bertz CT molecular complexity index is 1070. The SMILES string of the molecule is Cc1nn(-c2cccc(Cl)c2)nc1C(=O)N1CCCN(C(=O)c2ccncc2)CC1. The summed E-state index contributed by atoms with van der Waals surface area (Å²) in [6.45, 7) is 3.83. The fourth-order valence-electron chi connectivity index (χ4n) is 3.44. The number of nitrogens with zero attached hydrogens (tertiary/aromatic N) is 6. The third kappa shape index (κ3) is 4.18. The Morgan fingerprint density at radius 1 is 0.933 bits per heavy atom. The van der Waals surface area contributed by atoms with Crippen molar-refractivity contribution in [3.8, 4) is 5.69 Å². The molecule has 0 aliphatic carbocycles. The van der Waals surface area contributed by atoms with E-state index >= 15 is 0 Å². The van der Waals surface area contributed by atoms with Crippen LogP contribution in [0.3, 0.4) is 0 Å². The van der Waals surface area contributed by atoms with Crippen LogP contribution in [0.5, 0.6) is 0 Å². The van der Waals surface area contributed by atoms with Gasteiger partial charge in [0, 0.05) is 49.2 Å². The van der Waals surface area contributed by atoms with E-state index < -0.39 is 0 Å². The van der Waals surface area contributed by atoms with Crippen molar-refractivity contribution >= 4 is 23.4 Å². The molecule has 0 saturated carbocycles. The molecule has 0 bridgehead atoms. The molecule has 8 nitrogen and oxygen atoms in total. The minimum atomic E-state index is -0.181. The Hall–Kier alpha value is -3.26. The standard InChI is InChI=1S/C21H21ClN6O2/c1-15-19(25-28(24-15)18-5-2-4-17(22)14-18)21(30)27-11-3-10-26(12-13-27)20(29)16-6-8-23-9-7-16/h2,4-9,14H,3,10-13H2,1H3. The maximum absolute atomic E-state index is 13.1. The predicted octanol–water partition coefficient (Wildman–Crippen LogP) is 2.61. The van der Waals surface area contributed by atoms with Gasteiger partial charge >= 0.3 is 0 Å². The first-order valence-electron chi connectivity index (χ1n) is 9.71. The van der Waals surface area contributed by atoms with Crippen molar-refractivity contribution in [1.82, 2.24) is 29.8 Å². The number of aromatic nitrogens is 4. The molecule has 2 aromatic heterocycles. The van der Waals surface area contributed by atoms with E-state index in [1.165, 1.54) is 4.80 Å². The number of hydrogen-bond donors (Lipinski definition) is 0. The lowest BCUT2D eigenvalue weighted by molar-refractivity contribution is 0.0715. The summed E-state index contributed by atoms with van der Waals surface area (Å²) in [6.07, 6.45) is 3.91. The molecule has 0 atom stereocenters. The lowest BCUT2D eigenvalue weighted by Crippen LogP contribution is -2.37. The van der Waals surface area contributed by atoms with Gasteiger partial charge in [0.2, 0.25) is 0 Å². The maximum atomic E-state index is 13.1. The second kappa shape index (κ2) is 8.62. The van der Waals surface area contributed by atoms with Gasteiger partial charge in [-0.05, 0) is 43.7 Å². The topological polar surface area (TPSA) is 84.2 Å². The lowest BCUT2D eigenvalue weighted by Gasteiger charge is -2.21.